The second-order valence-corrected chi connectivity index (χ2v) is 7.17. The van der Waals surface area contributed by atoms with Crippen LogP contribution in [0.5, 0.6) is 0 Å². The molecule has 0 saturated carbocycles. The molecule has 0 aliphatic carbocycles. The molecule has 1 N–H and O–H groups in total. The van der Waals surface area contributed by atoms with Crippen molar-refractivity contribution in [2.45, 2.75) is 25.5 Å². The van der Waals surface area contributed by atoms with Gasteiger partial charge in [-0.3, -0.25) is 14.6 Å². The first kappa shape index (κ1) is 19.3. The van der Waals surface area contributed by atoms with Gasteiger partial charge in [0, 0.05) is 32.7 Å². The van der Waals surface area contributed by atoms with Crippen LogP contribution in [-0.2, 0) is 14.3 Å². The normalized spacial score (nSPS) is 23.0. The number of carbonyl (C=O) groups is 1. The summed E-state index contributed by atoms with van der Waals surface area (Å²) in [5, 5.41) is 3.08. The molecule has 6 heteroatoms. The molecule has 2 aliphatic rings. The molecule has 0 bridgehead atoms. The maximum absolute atomic E-state index is 12.3. The number of ether oxygens (including phenoxy) is 2. The van der Waals surface area contributed by atoms with Gasteiger partial charge in [0.25, 0.3) is 0 Å². The highest BCUT2D eigenvalue weighted by molar-refractivity contribution is 5.78. The van der Waals surface area contributed by atoms with Crippen LogP contribution >= 0.6 is 0 Å². The van der Waals surface area contributed by atoms with Gasteiger partial charge in [-0.05, 0) is 18.9 Å². The molecule has 1 amide bonds. The van der Waals surface area contributed by atoms with Crippen molar-refractivity contribution in [3.63, 3.8) is 0 Å². The molecule has 2 heterocycles. The largest absolute Gasteiger partial charge is 0.379 e. The second kappa shape index (κ2) is 10.0. The number of hydrogen-bond donors (Lipinski definition) is 1. The quantitative estimate of drug-likeness (QED) is 0.756. The highest BCUT2D eigenvalue weighted by Crippen LogP contribution is 2.14. The summed E-state index contributed by atoms with van der Waals surface area (Å²) in [5.74, 6) is 0.0790. The fourth-order valence-corrected chi connectivity index (χ4v) is 3.57. The highest BCUT2D eigenvalue weighted by atomic mass is 16.5. The van der Waals surface area contributed by atoms with Crippen LogP contribution in [-0.4, -0.2) is 80.9 Å². The zero-order chi connectivity index (χ0) is 18.2. The maximum atomic E-state index is 12.3. The summed E-state index contributed by atoms with van der Waals surface area (Å²) < 4.78 is 11.4. The van der Waals surface area contributed by atoms with Crippen LogP contribution in [0.2, 0.25) is 0 Å². The molecule has 0 aromatic heterocycles. The van der Waals surface area contributed by atoms with Gasteiger partial charge < -0.3 is 14.8 Å². The predicted molar refractivity (Wildman–Crippen MR) is 101 cm³/mol. The summed E-state index contributed by atoms with van der Waals surface area (Å²) >= 11 is 0. The van der Waals surface area contributed by atoms with Gasteiger partial charge in [-0.15, -0.1) is 0 Å². The summed E-state index contributed by atoms with van der Waals surface area (Å²) in [6.07, 6.45) is 1.25. The Morgan fingerprint density at radius 3 is 2.77 bits per heavy atom. The molecule has 0 unspecified atom stereocenters. The van der Waals surface area contributed by atoms with Crippen molar-refractivity contribution in [2.24, 2.45) is 0 Å². The Kier molecular flexibility index (Phi) is 7.43. The Morgan fingerprint density at radius 1 is 1.23 bits per heavy atom. The number of likely N-dealkylation sites (tertiary alicyclic amines) is 1. The van der Waals surface area contributed by atoms with Crippen LogP contribution < -0.4 is 5.32 Å². The predicted octanol–water partition coefficient (Wildman–Crippen LogP) is 1.29. The van der Waals surface area contributed by atoms with Gasteiger partial charge in [0.15, 0.2) is 0 Å². The van der Waals surface area contributed by atoms with Crippen LogP contribution in [0, 0.1) is 0 Å². The number of morpholine rings is 1. The van der Waals surface area contributed by atoms with Crippen molar-refractivity contribution < 1.29 is 14.3 Å². The van der Waals surface area contributed by atoms with Crippen molar-refractivity contribution in [1.82, 2.24) is 15.1 Å². The van der Waals surface area contributed by atoms with Crippen LogP contribution in [0.3, 0.4) is 0 Å². The number of amides is 1. The topological polar surface area (TPSA) is 54.0 Å². The van der Waals surface area contributed by atoms with Gasteiger partial charge in [-0.2, -0.15) is 0 Å². The minimum Gasteiger partial charge on any atom is -0.379 e. The van der Waals surface area contributed by atoms with Crippen molar-refractivity contribution >= 4 is 5.91 Å². The first-order valence-electron chi connectivity index (χ1n) is 9.69. The third-order valence-corrected chi connectivity index (χ3v) is 5.14. The van der Waals surface area contributed by atoms with Crippen LogP contribution in [0.25, 0.3) is 0 Å². The Labute approximate surface area is 156 Å². The Bertz CT molecular complexity index is 548. The minimum atomic E-state index is 0.0341. The minimum absolute atomic E-state index is 0.0341. The smallest absolute Gasteiger partial charge is 0.234 e. The lowest BCUT2D eigenvalue weighted by Crippen LogP contribution is -2.39. The standard InChI is InChI=1S/C20H31N3O3/c1-17(18-5-3-2-4-6-18)21-20(24)16-23-8-7-19(15-23)26-14-11-22-9-12-25-13-10-22/h2-6,17,19H,7-16H2,1H3,(H,21,24)/t17-,19-/m0/s1. The summed E-state index contributed by atoms with van der Waals surface area (Å²) in [4.78, 5) is 16.9. The third-order valence-electron chi connectivity index (χ3n) is 5.14. The lowest BCUT2D eigenvalue weighted by Gasteiger charge is -2.26. The molecule has 0 radical (unpaired) electrons. The fourth-order valence-electron chi connectivity index (χ4n) is 3.57. The molecule has 144 valence electrons. The molecular formula is C20H31N3O3. The zero-order valence-electron chi connectivity index (χ0n) is 15.7. The van der Waals surface area contributed by atoms with Gasteiger partial charge in [-0.1, -0.05) is 30.3 Å². The van der Waals surface area contributed by atoms with E-state index in [1.54, 1.807) is 0 Å². The molecule has 1 aromatic rings. The van der Waals surface area contributed by atoms with Crippen LogP contribution in [0.1, 0.15) is 24.9 Å². The van der Waals surface area contributed by atoms with E-state index < -0.39 is 0 Å². The van der Waals surface area contributed by atoms with Crippen molar-refractivity contribution in [3.8, 4) is 0 Å². The Balaban J connectivity index is 1.31. The highest BCUT2D eigenvalue weighted by Gasteiger charge is 2.25. The molecule has 3 rings (SSSR count). The monoisotopic (exact) mass is 361 g/mol. The number of nitrogens with zero attached hydrogens (tertiary/aromatic N) is 2. The number of rotatable bonds is 8. The van der Waals surface area contributed by atoms with E-state index in [0.29, 0.717) is 6.54 Å². The Morgan fingerprint density at radius 2 is 2.00 bits per heavy atom. The van der Waals surface area contributed by atoms with E-state index in [1.807, 2.05) is 37.3 Å². The molecule has 6 nitrogen and oxygen atoms in total. The van der Waals surface area contributed by atoms with Crippen LogP contribution in [0.4, 0.5) is 0 Å². The molecular weight excluding hydrogens is 330 g/mol. The first-order chi connectivity index (χ1) is 12.7. The number of benzene rings is 1. The molecule has 0 spiro atoms. The number of carbonyl (C=O) groups excluding carboxylic acids is 1. The molecule has 2 aliphatic heterocycles. The van der Waals surface area contributed by atoms with Gasteiger partial charge >= 0.3 is 0 Å². The van der Waals surface area contributed by atoms with E-state index in [0.717, 1.165) is 64.5 Å². The number of hydrogen-bond acceptors (Lipinski definition) is 5. The summed E-state index contributed by atoms with van der Waals surface area (Å²) in [6.45, 7) is 9.62. The maximum Gasteiger partial charge on any atom is 0.234 e. The average molecular weight is 361 g/mol. The Hall–Kier alpha value is -1.47. The van der Waals surface area contributed by atoms with E-state index in [1.165, 1.54) is 0 Å². The number of nitrogens with one attached hydrogen (secondary N) is 1. The van der Waals surface area contributed by atoms with E-state index in [4.69, 9.17) is 9.47 Å². The first-order valence-corrected chi connectivity index (χ1v) is 9.69. The van der Waals surface area contributed by atoms with E-state index in [-0.39, 0.29) is 18.1 Å². The average Bonchev–Trinajstić information content (AvgIpc) is 3.10. The fraction of sp³-hybridized carbons (Fsp3) is 0.650. The SMILES string of the molecule is C[C@H](NC(=O)CN1CC[C@H](OCCN2CCOCC2)C1)c1ccccc1. The van der Waals surface area contributed by atoms with Crippen molar-refractivity contribution in [3.05, 3.63) is 35.9 Å². The summed E-state index contributed by atoms with van der Waals surface area (Å²) in [5.41, 5.74) is 1.13. The van der Waals surface area contributed by atoms with Gasteiger partial charge in [0.05, 0.1) is 38.5 Å². The third kappa shape index (κ3) is 6.06. The summed E-state index contributed by atoms with van der Waals surface area (Å²) in [6, 6.07) is 10.1. The van der Waals surface area contributed by atoms with Gasteiger partial charge in [0.1, 0.15) is 0 Å². The van der Waals surface area contributed by atoms with Crippen LogP contribution in [0.15, 0.2) is 30.3 Å². The van der Waals surface area contributed by atoms with Crippen molar-refractivity contribution in [1.29, 1.82) is 0 Å². The molecule has 2 atom stereocenters. The molecule has 26 heavy (non-hydrogen) atoms. The van der Waals surface area contributed by atoms with Crippen molar-refractivity contribution in [2.75, 3.05) is 59.1 Å². The van der Waals surface area contributed by atoms with Gasteiger partial charge in [0.2, 0.25) is 5.91 Å². The van der Waals surface area contributed by atoms with Gasteiger partial charge in [-0.25, -0.2) is 0 Å². The lowest BCUT2D eigenvalue weighted by atomic mass is 10.1. The van der Waals surface area contributed by atoms with E-state index in [2.05, 4.69) is 15.1 Å². The molecule has 1 aromatic carbocycles. The lowest BCUT2D eigenvalue weighted by molar-refractivity contribution is -0.122. The van der Waals surface area contributed by atoms with E-state index in [9.17, 15) is 4.79 Å². The molecule has 2 saturated heterocycles. The van der Waals surface area contributed by atoms with E-state index >= 15 is 0 Å². The molecule has 2 fully saturated rings. The summed E-state index contributed by atoms with van der Waals surface area (Å²) in [7, 11) is 0. The second-order valence-electron chi connectivity index (χ2n) is 7.17. The zero-order valence-corrected chi connectivity index (χ0v) is 15.7.